The third-order valence-electron chi connectivity index (χ3n) is 6.30. The fourth-order valence-corrected chi connectivity index (χ4v) is 5.77. The molecule has 6 heteroatoms. The van der Waals surface area contributed by atoms with E-state index in [-0.39, 0.29) is 11.5 Å². The number of anilines is 1. The van der Waals surface area contributed by atoms with E-state index in [2.05, 4.69) is 34.3 Å². The molecule has 0 aromatic carbocycles. The zero-order chi connectivity index (χ0) is 19.1. The first-order valence-corrected chi connectivity index (χ1v) is 11.2. The summed E-state index contributed by atoms with van der Waals surface area (Å²) in [5, 5.41) is 3.11. The highest BCUT2D eigenvalue weighted by atomic mass is 32.1. The Morgan fingerprint density at radius 3 is 2.96 bits per heavy atom. The van der Waals surface area contributed by atoms with Crippen molar-refractivity contribution in [3.05, 3.63) is 45.3 Å². The summed E-state index contributed by atoms with van der Waals surface area (Å²) in [4.78, 5) is 21.7. The molecule has 1 saturated carbocycles. The molecule has 5 rings (SSSR count). The fourth-order valence-electron chi connectivity index (χ4n) is 4.44. The summed E-state index contributed by atoms with van der Waals surface area (Å²) >= 11 is 1.65. The van der Waals surface area contributed by atoms with Crippen molar-refractivity contribution in [1.29, 1.82) is 0 Å². The van der Waals surface area contributed by atoms with Gasteiger partial charge in [0, 0.05) is 30.7 Å². The number of aryl methyl sites for hydroxylation is 1. The summed E-state index contributed by atoms with van der Waals surface area (Å²) in [6.07, 6.45) is 7.18. The maximum absolute atomic E-state index is 12.6. The average Bonchev–Trinajstić information content (AvgIpc) is 3.44. The summed E-state index contributed by atoms with van der Waals surface area (Å²) in [7, 11) is 0. The fraction of sp³-hybridized carbons (Fsp3) is 0.545. The van der Waals surface area contributed by atoms with E-state index in [0.717, 1.165) is 56.2 Å². The molecule has 1 saturated heterocycles. The van der Waals surface area contributed by atoms with Gasteiger partial charge in [0.15, 0.2) is 0 Å². The number of piperidine rings is 1. The van der Waals surface area contributed by atoms with Crippen LogP contribution in [0.15, 0.2) is 24.4 Å². The number of aromatic nitrogens is 1. The van der Waals surface area contributed by atoms with Crippen LogP contribution in [0.1, 0.15) is 51.4 Å². The highest BCUT2D eigenvalue weighted by Crippen LogP contribution is 2.46. The monoisotopic (exact) mass is 397 g/mol. The molecule has 28 heavy (non-hydrogen) atoms. The second-order valence-electron chi connectivity index (χ2n) is 8.34. The Bertz CT molecular complexity index is 882. The predicted octanol–water partition coefficient (Wildman–Crippen LogP) is 3.66. The molecule has 2 aromatic rings. The predicted molar refractivity (Wildman–Crippen MR) is 111 cm³/mol. The van der Waals surface area contributed by atoms with Crippen molar-refractivity contribution in [3.63, 3.8) is 0 Å². The first-order valence-electron chi connectivity index (χ1n) is 10.4. The van der Waals surface area contributed by atoms with E-state index in [9.17, 15) is 4.79 Å². The standard InChI is InChI=1S/C22H27N3O2S/c1-15-3-2-9-23-20(15)25-10-7-22(8-11-25)19-17(6-12-27-22)13-18(28-19)21(26)24-14-16-4-5-16/h2-3,9,13,16H,4-8,10-12,14H2,1H3,(H,24,26). The van der Waals surface area contributed by atoms with Crippen LogP contribution >= 0.6 is 11.3 Å². The molecule has 1 aliphatic carbocycles. The van der Waals surface area contributed by atoms with Gasteiger partial charge in [-0.3, -0.25) is 4.79 Å². The maximum Gasteiger partial charge on any atom is 0.261 e. The van der Waals surface area contributed by atoms with Crippen molar-refractivity contribution < 1.29 is 9.53 Å². The summed E-state index contributed by atoms with van der Waals surface area (Å²) in [5.74, 6) is 1.87. The number of fused-ring (bicyclic) bond motifs is 2. The van der Waals surface area contributed by atoms with E-state index in [1.807, 2.05) is 12.3 Å². The minimum absolute atomic E-state index is 0.0861. The maximum atomic E-state index is 12.6. The number of carbonyl (C=O) groups is 1. The summed E-state index contributed by atoms with van der Waals surface area (Å²) in [6.45, 7) is 5.54. The molecule has 148 valence electrons. The number of pyridine rings is 1. The zero-order valence-corrected chi connectivity index (χ0v) is 17.2. The molecular weight excluding hydrogens is 370 g/mol. The Kier molecular flexibility index (Phi) is 4.63. The van der Waals surface area contributed by atoms with Crippen LogP contribution in [0.3, 0.4) is 0 Å². The third-order valence-corrected chi connectivity index (χ3v) is 7.66. The van der Waals surface area contributed by atoms with Gasteiger partial charge >= 0.3 is 0 Å². The van der Waals surface area contributed by atoms with E-state index in [0.29, 0.717) is 5.92 Å². The molecule has 1 N–H and O–H groups in total. The van der Waals surface area contributed by atoms with E-state index in [1.165, 1.54) is 28.8 Å². The largest absolute Gasteiger partial charge is 0.369 e. The second-order valence-corrected chi connectivity index (χ2v) is 9.39. The number of nitrogens with zero attached hydrogens (tertiary/aromatic N) is 2. The average molecular weight is 398 g/mol. The number of carbonyl (C=O) groups excluding carboxylic acids is 1. The molecule has 0 unspecified atom stereocenters. The number of hydrogen-bond donors (Lipinski definition) is 1. The van der Waals surface area contributed by atoms with Gasteiger partial charge in [-0.15, -0.1) is 11.3 Å². The van der Waals surface area contributed by atoms with Crippen LogP contribution in [-0.2, 0) is 16.8 Å². The lowest BCUT2D eigenvalue weighted by molar-refractivity contribution is -0.0735. The third kappa shape index (κ3) is 3.33. The van der Waals surface area contributed by atoms with E-state index in [4.69, 9.17) is 4.74 Å². The Labute approximate surface area is 170 Å². The molecule has 1 amide bonds. The van der Waals surface area contributed by atoms with Crippen molar-refractivity contribution in [2.45, 2.75) is 44.6 Å². The molecule has 2 fully saturated rings. The highest BCUT2D eigenvalue weighted by molar-refractivity contribution is 7.14. The van der Waals surface area contributed by atoms with Gasteiger partial charge in [-0.25, -0.2) is 4.98 Å². The summed E-state index contributed by atoms with van der Waals surface area (Å²) in [6, 6.07) is 6.22. The Balaban J connectivity index is 1.33. The van der Waals surface area contributed by atoms with E-state index < -0.39 is 0 Å². The number of nitrogens with one attached hydrogen (secondary N) is 1. The topological polar surface area (TPSA) is 54.5 Å². The molecular formula is C22H27N3O2S. The van der Waals surface area contributed by atoms with Crippen molar-refractivity contribution >= 4 is 23.1 Å². The minimum atomic E-state index is -0.230. The highest BCUT2D eigenvalue weighted by Gasteiger charge is 2.43. The van der Waals surface area contributed by atoms with Crippen molar-refractivity contribution in [3.8, 4) is 0 Å². The molecule has 1 spiro atoms. The van der Waals surface area contributed by atoms with Gasteiger partial charge in [0.25, 0.3) is 5.91 Å². The van der Waals surface area contributed by atoms with Gasteiger partial charge in [-0.1, -0.05) is 6.07 Å². The molecule has 3 aliphatic rings. The van der Waals surface area contributed by atoms with Gasteiger partial charge < -0.3 is 15.0 Å². The molecule has 4 heterocycles. The number of amides is 1. The molecule has 0 atom stereocenters. The Morgan fingerprint density at radius 2 is 2.21 bits per heavy atom. The SMILES string of the molecule is Cc1cccnc1N1CCC2(CC1)OCCc1cc(C(=O)NCC3CC3)sc12. The molecule has 5 nitrogen and oxygen atoms in total. The lowest BCUT2D eigenvalue weighted by Gasteiger charge is -2.44. The summed E-state index contributed by atoms with van der Waals surface area (Å²) < 4.78 is 6.38. The normalized spacial score (nSPS) is 20.8. The van der Waals surface area contributed by atoms with Crippen molar-refractivity contribution in [2.24, 2.45) is 5.92 Å². The quantitative estimate of drug-likeness (QED) is 0.855. The van der Waals surface area contributed by atoms with Gasteiger partial charge in [-0.2, -0.15) is 0 Å². The molecule has 0 radical (unpaired) electrons. The van der Waals surface area contributed by atoms with Crippen LogP contribution in [0.25, 0.3) is 0 Å². The Morgan fingerprint density at radius 1 is 1.39 bits per heavy atom. The summed E-state index contributed by atoms with van der Waals surface area (Å²) in [5.41, 5.74) is 2.30. The van der Waals surface area contributed by atoms with Crippen molar-refractivity contribution in [2.75, 3.05) is 31.1 Å². The van der Waals surface area contributed by atoms with Crippen LogP contribution in [0.5, 0.6) is 0 Å². The molecule has 2 aromatic heterocycles. The first kappa shape index (κ1) is 18.1. The van der Waals surface area contributed by atoms with Crippen molar-refractivity contribution in [1.82, 2.24) is 10.3 Å². The van der Waals surface area contributed by atoms with Crippen LogP contribution in [0, 0.1) is 12.8 Å². The number of hydrogen-bond acceptors (Lipinski definition) is 5. The minimum Gasteiger partial charge on any atom is -0.369 e. The second kappa shape index (κ2) is 7.16. The number of ether oxygens (including phenoxy) is 1. The molecule has 0 bridgehead atoms. The Hall–Kier alpha value is -1.92. The lowest BCUT2D eigenvalue weighted by Crippen LogP contribution is -2.46. The molecule has 2 aliphatic heterocycles. The van der Waals surface area contributed by atoms with Gasteiger partial charge in [0.05, 0.1) is 11.5 Å². The van der Waals surface area contributed by atoms with Crippen LogP contribution < -0.4 is 10.2 Å². The van der Waals surface area contributed by atoms with Gasteiger partial charge in [-0.05, 0) is 68.2 Å². The van der Waals surface area contributed by atoms with Crippen LogP contribution in [0.2, 0.25) is 0 Å². The number of rotatable bonds is 4. The lowest BCUT2D eigenvalue weighted by atomic mass is 9.85. The van der Waals surface area contributed by atoms with Gasteiger partial charge in [0.1, 0.15) is 11.4 Å². The van der Waals surface area contributed by atoms with Crippen LogP contribution in [0.4, 0.5) is 5.82 Å². The van der Waals surface area contributed by atoms with E-state index >= 15 is 0 Å². The smallest absolute Gasteiger partial charge is 0.261 e. The number of thiophene rings is 1. The zero-order valence-electron chi connectivity index (χ0n) is 16.4. The van der Waals surface area contributed by atoms with E-state index in [1.54, 1.807) is 11.3 Å². The van der Waals surface area contributed by atoms with Crippen LogP contribution in [-0.4, -0.2) is 37.1 Å². The van der Waals surface area contributed by atoms with Gasteiger partial charge in [0.2, 0.25) is 0 Å². The first-order chi connectivity index (χ1) is 13.6.